The molecule has 0 saturated heterocycles. The lowest BCUT2D eigenvalue weighted by Gasteiger charge is -2.18. The molecular formula is C22H19FN4O. The second-order valence-electron chi connectivity index (χ2n) is 6.69. The molecule has 6 heteroatoms. The van der Waals surface area contributed by atoms with Crippen LogP contribution in [0, 0.1) is 5.82 Å². The number of halogens is 1. The molecule has 28 heavy (non-hydrogen) atoms. The molecule has 4 aromatic rings. The Hall–Kier alpha value is -3.54. The van der Waals surface area contributed by atoms with E-state index in [4.69, 9.17) is 0 Å². The number of aromatic nitrogens is 3. The Kier molecular flexibility index (Phi) is 4.85. The van der Waals surface area contributed by atoms with Crippen LogP contribution in [0.3, 0.4) is 0 Å². The summed E-state index contributed by atoms with van der Waals surface area (Å²) >= 11 is 0. The van der Waals surface area contributed by atoms with Crippen LogP contribution >= 0.6 is 0 Å². The van der Waals surface area contributed by atoms with Crippen LogP contribution in [0.25, 0.3) is 11.0 Å². The van der Waals surface area contributed by atoms with Crippen molar-refractivity contribution in [2.75, 3.05) is 7.05 Å². The molecule has 0 fully saturated rings. The summed E-state index contributed by atoms with van der Waals surface area (Å²) in [5, 5.41) is 8.34. The molecule has 0 N–H and O–H groups in total. The molecule has 1 heterocycles. The lowest BCUT2D eigenvalue weighted by Crippen LogP contribution is -2.26. The standard InChI is InChI=1S/C22H19FN4O/c1-26(15-18-6-2-3-7-19(18)23)22(28)17-12-10-16(11-13-17)14-27-21-9-5-4-8-20(21)24-25-27/h2-13H,14-15H2,1H3. The van der Waals surface area contributed by atoms with Gasteiger partial charge in [-0.3, -0.25) is 4.79 Å². The molecule has 0 atom stereocenters. The van der Waals surface area contributed by atoms with Crippen molar-refractivity contribution < 1.29 is 9.18 Å². The van der Waals surface area contributed by atoms with E-state index in [-0.39, 0.29) is 18.3 Å². The molecule has 4 rings (SSSR count). The van der Waals surface area contributed by atoms with Crippen molar-refractivity contribution in [3.63, 3.8) is 0 Å². The lowest BCUT2D eigenvalue weighted by molar-refractivity contribution is 0.0784. The molecule has 0 unspecified atom stereocenters. The molecule has 0 radical (unpaired) electrons. The van der Waals surface area contributed by atoms with Gasteiger partial charge in [0.1, 0.15) is 11.3 Å². The van der Waals surface area contributed by atoms with Crippen LogP contribution in [-0.4, -0.2) is 32.8 Å². The van der Waals surface area contributed by atoms with Gasteiger partial charge in [0, 0.05) is 24.7 Å². The Bertz CT molecular complexity index is 1120. The van der Waals surface area contributed by atoms with E-state index in [0.29, 0.717) is 17.7 Å². The summed E-state index contributed by atoms with van der Waals surface area (Å²) in [6.07, 6.45) is 0. The van der Waals surface area contributed by atoms with Crippen LogP contribution in [0.4, 0.5) is 4.39 Å². The minimum atomic E-state index is -0.308. The first-order valence-electron chi connectivity index (χ1n) is 8.98. The largest absolute Gasteiger partial charge is 0.337 e. The van der Waals surface area contributed by atoms with Crippen molar-refractivity contribution in [2.24, 2.45) is 0 Å². The monoisotopic (exact) mass is 374 g/mol. The topological polar surface area (TPSA) is 51.0 Å². The number of benzene rings is 3. The van der Waals surface area contributed by atoms with Gasteiger partial charge in [-0.1, -0.05) is 47.7 Å². The Morgan fingerprint density at radius 2 is 1.71 bits per heavy atom. The highest BCUT2D eigenvalue weighted by Crippen LogP contribution is 2.15. The molecule has 0 saturated carbocycles. The van der Waals surface area contributed by atoms with Crippen molar-refractivity contribution in [1.29, 1.82) is 0 Å². The third-order valence-corrected chi connectivity index (χ3v) is 4.67. The molecule has 5 nitrogen and oxygen atoms in total. The summed E-state index contributed by atoms with van der Waals surface area (Å²) in [5.74, 6) is -0.460. The van der Waals surface area contributed by atoms with E-state index >= 15 is 0 Å². The molecular weight excluding hydrogens is 355 g/mol. The van der Waals surface area contributed by atoms with Gasteiger partial charge >= 0.3 is 0 Å². The quantitative estimate of drug-likeness (QED) is 0.533. The average Bonchev–Trinajstić information content (AvgIpc) is 3.13. The van der Waals surface area contributed by atoms with Gasteiger partial charge in [0.15, 0.2) is 0 Å². The second kappa shape index (κ2) is 7.60. The number of hydrogen-bond donors (Lipinski definition) is 0. The first-order chi connectivity index (χ1) is 13.6. The van der Waals surface area contributed by atoms with Crippen molar-refractivity contribution in [1.82, 2.24) is 19.9 Å². The summed E-state index contributed by atoms with van der Waals surface area (Å²) < 4.78 is 15.6. The van der Waals surface area contributed by atoms with Crippen molar-refractivity contribution in [2.45, 2.75) is 13.1 Å². The number of carbonyl (C=O) groups excluding carboxylic acids is 1. The SMILES string of the molecule is CN(Cc1ccccc1F)C(=O)c1ccc(Cn2nnc3ccccc32)cc1. The normalized spacial score (nSPS) is 10.9. The van der Waals surface area contributed by atoms with E-state index in [2.05, 4.69) is 10.3 Å². The van der Waals surface area contributed by atoms with Crippen molar-refractivity contribution in [3.8, 4) is 0 Å². The van der Waals surface area contributed by atoms with Crippen molar-refractivity contribution in [3.05, 3.63) is 95.3 Å². The van der Waals surface area contributed by atoms with E-state index in [0.717, 1.165) is 16.6 Å². The summed E-state index contributed by atoms with van der Waals surface area (Å²) in [5.41, 5.74) is 3.89. The number of hydrogen-bond acceptors (Lipinski definition) is 3. The number of fused-ring (bicyclic) bond motifs is 1. The van der Waals surface area contributed by atoms with Crippen LogP contribution in [0.2, 0.25) is 0 Å². The second-order valence-corrected chi connectivity index (χ2v) is 6.69. The first kappa shape index (κ1) is 17.9. The fourth-order valence-electron chi connectivity index (χ4n) is 3.13. The van der Waals surface area contributed by atoms with E-state index < -0.39 is 0 Å². The van der Waals surface area contributed by atoms with Gasteiger partial charge in [-0.15, -0.1) is 5.10 Å². The van der Waals surface area contributed by atoms with E-state index in [1.807, 2.05) is 41.1 Å². The molecule has 140 valence electrons. The Morgan fingerprint density at radius 3 is 2.50 bits per heavy atom. The van der Waals surface area contributed by atoms with Gasteiger partial charge in [-0.25, -0.2) is 9.07 Å². The zero-order valence-corrected chi connectivity index (χ0v) is 15.4. The van der Waals surface area contributed by atoms with Crippen LogP contribution in [0.15, 0.2) is 72.8 Å². The van der Waals surface area contributed by atoms with Gasteiger partial charge in [0.25, 0.3) is 5.91 Å². The molecule has 0 bridgehead atoms. The third kappa shape index (κ3) is 3.62. The number of amides is 1. The maximum Gasteiger partial charge on any atom is 0.253 e. The Labute approximate surface area is 162 Å². The van der Waals surface area contributed by atoms with Crippen LogP contribution in [-0.2, 0) is 13.1 Å². The lowest BCUT2D eigenvalue weighted by atomic mass is 10.1. The molecule has 3 aromatic carbocycles. The summed E-state index contributed by atoms with van der Waals surface area (Å²) in [7, 11) is 1.67. The Morgan fingerprint density at radius 1 is 1.00 bits per heavy atom. The van der Waals surface area contributed by atoms with E-state index in [1.165, 1.54) is 11.0 Å². The maximum atomic E-state index is 13.8. The van der Waals surface area contributed by atoms with Crippen LogP contribution in [0.1, 0.15) is 21.5 Å². The molecule has 0 spiro atoms. The number of nitrogens with zero attached hydrogens (tertiary/aromatic N) is 4. The van der Waals surface area contributed by atoms with Gasteiger partial charge < -0.3 is 4.90 Å². The zero-order valence-electron chi connectivity index (χ0n) is 15.4. The number of para-hydroxylation sites is 1. The van der Waals surface area contributed by atoms with Crippen LogP contribution in [0.5, 0.6) is 0 Å². The van der Waals surface area contributed by atoms with Crippen LogP contribution < -0.4 is 0 Å². The van der Waals surface area contributed by atoms with Gasteiger partial charge in [-0.05, 0) is 35.9 Å². The summed E-state index contributed by atoms with van der Waals surface area (Å²) in [6, 6.07) is 21.6. The average molecular weight is 374 g/mol. The van der Waals surface area contributed by atoms with Gasteiger partial charge in [0.2, 0.25) is 0 Å². The van der Waals surface area contributed by atoms with Gasteiger partial charge in [-0.2, -0.15) is 0 Å². The summed E-state index contributed by atoms with van der Waals surface area (Å²) in [4.78, 5) is 14.2. The number of rotatable bonds is 5. The predicted molar refractivity (Wildman–Crippen MR) is 105 cm³/mol. The fourth-order valence-corrected chi connectivity index (χ4v) is 3.13. The zero-order chi connectivity index (χ0) is 19.5. The van der Waals surface area contributed by atoms with E-state index in [1.54, 1.807) is 37.4 Å². The summed E-state index contributed by atoms with van der Waals surface area (Å²) in [6.45, 7) is 0.790. The fraction of sp³-hybridized carbons (Fsp3) is 0.136. The highest BCUT2D eigenvalue weighted by molar-refractivity contribution is 5.94. The smallest absolute Gasteiger partial charge is 0.253 e. The maximum absolute atomic E-state index is 13.8. The van der Waals surface area contributed by atoms with E-state index in [9.17, 15) is 9.18 Å². The highest BCUT2D eigenvalue weighted by atomic mass is 19.1. The molecule has 0 aliphatic rings. The first-order valence-corrected chi connectivity index (χ1v) is 8.98. The molecule has 1 aromatic heterocycles. The third-order valence-electron chi connectivity index (χ3n) is 4.67. The van der Waals surface area contributed by atoms with Gasteiger partial charge in [0.05, 0.1) is 12.1 Å². The number of carbonyl (C=O) groups is 1. The minimum absolute atomic E-state index is 0.152. The molecule has 0 aliphatic heterocycles. The predicted octanol–water partition coefficient (Wildman–Crippen LogP) is 3.89. The Balaban J connectivity index is 1.46. The molecule has 0 aliphatic carbocycles. The molecule has 1 amide bonds. The highest BCUT2D eigenvalue weighted by Gasteiger charge is 2.14. The van der Waals surface area contributed by atoms with Crippen molar-refractivity contribution >= 4 is 16.9 Å². The minimum Gasteiger partial charge on any atom is -0.337 e.